The Balaban J connectivity index is 1.84. The van der Waals surface area contributed by atoms with Crippen molar-refractivity contribution in [3.8, 4) is 5.75 Å². The van der Waals surface area contributed by atoms with Crippen LogP contribution in [0.5, 0.6) is 5.75 Å². The van der Waals surface area contributed by atoms with Crippen LogP contribution in [0.1, 0.15) is 16.1 Å². The first-order valence-electron chi connectivity index (χ1n) is 7.56. The minimum Gasteiger partial charge on any atom is -0.497 e. The molecule has 3 rings (SSSR count). The second-order valence-electron chi connectivity index (χ2n) is 5.48. The second kappa shape index (κ2) is 6.91. The van der Waals surface area contributed by atoms with Gasteiger partial charge in [0.15, 0.2) is 17.5 Å². The number of rotatable bonds is 4. The number of carbonyl (C=O) groups excluding carboxylic acids is 1. The Hall–Kier alpha value is -3.29. The molecule has 0 aliphatic rings. The summed E-state index contributed by atoms with van der Waals surface area (Å²) in [7, 11) is 1.54. The highest BCUT2D eigenvalue weighted by Crippen LogP contribution is 2.22. The van der Waals surface area contributed by atoms with E-state index in [0.717, 1.165) is 12.1 Å². The Bertz CT molecular complexity index is 1010. The van der Waals surface area contributed by atoms with Gasteiger partial charge in [0.1, 0.15) is 5.75 Å². The molecule has 0 bridgehead atoms. The fourth-order valence-corrected chi connectivity index (χ4v) is 2.41. The van der Waals surface area contributed by atoms with Crippen molar-refractivity contribution in [1.82, 2.24) is 10.4 Å². The molecule has 26 heavy (non-hydrogen) atoms. The molecule has 0 radical (unpaired) electrons. The molecule has 0 unspecified atom stereocenters. The summed E-state index contributed by atoms with van der Waals surface area (Å²) in [6.07, 6.45) is 0. The number of hydrogen-bond donors (Lipinski definition) is 2. The normalized spacial score (nSPS) is 10.7. The summed E-state index contributed by atoms with van der Waals surface area (Å²) in [5.41, 5.74) is 5.44. The quantitative estimate of drug-likeness (QED) is 0.549. The first-order chi connectivity index (χ1) is 12.4. The average Bonchev–Trinajstić information content (AvgIpc) is 2.64. The topological polar surface area (TPSA) is 63.2 Å². The summed E-state index contributed by atoms with van der Waals surface area (Å²) < 4.78 is 44.9. The first-order valence-corrected chi connectivity index (χ1v) is 7.56. The summed E-state index contributed by atoms with van der Waals surface area (Å²) in [6.45, 7) is 1.64. The van der Waals surface area contributed by atoms with E-state index in [-0.39, 0.29) is 5.56 Å². The molecule has 3 aromatic rings. The number of pyridine rings is 1. The molecule has 8 heteroatoms. The minimum atomic E-state index is -1.62. The standard InChI is InChI=1S/C18H14F3N3O2/c1-9-12(7-10-3-4-11(26-2)8-15(10)22-9)18(25)24-23-14-6-5-13(19)16(20)17(14)21/h3-8,23H,1-2H3,(H,24,25). The van der Waals surface area contributed by atoms with Gasteiger partial charge in [-0.2, -0.15) is 0 Å². The van der Waals surface area contributed by atoms with Crippen LogP contribution in [0.3, 0.4) is 0 Å². The number of nitrogens with one attached hydrogen (secondary N) is 2. The smallest absolute Gasteiger partial charge is 0.271 e. The molecule has 0 saturated carbocycles. The number of hydrazine groups is 1. The molecule has 2 aromatic carbocycles. The van der Waals surface area contributed by atoms with Crippen molar-refractivity contribution in [2.75, 3.05) is 12.5 Å². The predicted octanol–water partition coefficient (Wildman–Crippen LogP) is 3.73. The Morgan fingerprint density at radius 3 is 2.58 bits per heavy atom. The van der Waals surface area contributed by atoms with E-state index in [1.165, 1.54) is 0 Å². The first kappa shape index (κ1) is 17.5. The van der Waals surface area contributed by atoms with E-state index in [1.54, 1.807) is 38.3 Å². The van der Waals surface area contributed by atoms with Gasteiger partial charge in [-0.15, -0.1) is 0 Å². The monoisotopic (exact) mass is 361 g/mol. The maximum Gasteiger partial charge on any atom is 0.271 e. The number of aryl methyl sites for hydroxylation is 1. The number of fused-ring (bicyclic) bond motifs is 1. The van der Waals surface area contributed by atoms with E-state index in [4.69, 9.17) is 4.74 Å². The lowest BCUT2D eigenvalue weighted by Crippen LogP contribution is -2.30. The van der Waals surface area contributed by atoms with Gasteiger partial charge in [0.05, 0.1) is 29.6 Å². The number of nitrogens with zero attached hydrogens (tertiary/aromatic N) is 1. The molecule has 0 fully saturated rings. The van der Waals surface area contributed by atoms with Gasteiger partial charge >= 0.3 is 0 Å². The van der Waals surface area contributed by atoms with E-state index < -0.39 is 29.0 Å². The highest BCUT2D eigenvalue weighted by molar-refractivity contribution is 5.99. The Kier molecular flexibility index (Phi) is 4.66. The van der Waals surface area contributed by atoms with Crippen LogP contribution in [0.25, 0.3) is 10.9 Å². The van der Waals surface area contributed by atoms with Crippen LogP contribution < -0.4 is 15.6 Å². The molecule has 0 spiro atoms. The van der Waals surface area contributed by atoms with Crippen molar-refractivity contribution in [3.05, 3.63) is 65.1 Å². The lowest BCUT2D eigenvalue weighted by molar-refractivity contribution is 0.0961. The molecule has 0 aliphatic heterocycles. The highest BCUT2D eigenvalue weighted by atomic mass is 19.2. The van der Waals surface area contributed by atoms with Gasteiger partial charge in [0.25, 0.3) is 5.91 Å². The highest BCUT2D eigenvalue weighted by Gasteiger charge is 2.16. The van der Waals surface area contributed by atoms with Crippen molar-refractivity contribution in [1.29, 1.82) is 0 Å². The van der Waals surface area contributed by atoms with Crippen LogP contribution >= 0.6 is 0 Å². The van der Waals surface area contributed by atoms with Crippen molar-refractivity contribution in [2.24, 2.45) is 0 Å². The summed E-state index contributed by atoms with van der Waals surface area (Å²) in [4.78, 5) is 16.7. The van der Waals surface area contributed by atoms with Gasteiger partial charge in [-0.05, 0) is 37.3 Å². The number of amides is 1. The number of carbonyl (C=O) groups is 1. The number of anilines is 1. The van der Waals surface area contributed by atoms with Crippen molar-refractivity contribution < 1.29 is 22.7 Å². The molecule has 1 amide bonds. The average molecular weight is 361 g/mol. The summed E-state index contributed by atoms with van der Waals surface area (Å²) >= 11 is 0. The molecular formula is C18H14F3N3O2. The van der Waals surface area contributed by atoms with Crippen LogP contribution in [0.15, 0.2) is 36.4 Å². The third-order valence-corrected chi connectivity index (χ3v) is 3.81. The summed E-state index contributed by atoms with van der Waals surface area (Å²) in [6, 6.07) is 8.57. The predicted molar refractivity (Wildman–Crippen MR) is 90.4 cm³/mol. The third-order valence-electron chi connectivity index (χ3n) is 3.81. The number of methoxy groups -OCH3 is 1. The Morgan fingerprint density at radius 2 is 1.85 bits per heavy atom. The SMILES string of the molecule is COc1ccc2cc(C(=O)NNc3ccc(F)c(F)c3F)c(C)nc2c1. The van der Waals surface area contributed by atoms with E-state index in [0.29, 0.717) is 22.3 Å². The molecule has 0 saturated heterocycles. The molecular weight excluding hydrogens is 347 g/mol. The number of halogens is 3. The van der Waals surface area contributed by atoms with Crippen molar-refractivity contribution in [2.45, 2.75) is 6.92 Å². The van der Waals surface area contributed by atoms with E-state index in [2.05, 4.69) is 15.8 Å². The molecule has 0 atom stereocenters. The molecule has 1 heterocycles. The van der Waals surface area contributed by atoms with Gasteiger partial charge < -0.3 is 4.74 Å². The lowest BCUT2D eigenvalue weighted by atomic mass is 10.1. The van der Waals surface area contributed by atoms with Gasteiger partial charge in [-0.25, -0.2) is 13.2 Å². The third kappa shape index (κ3) is 3.26. The van der Waals surface area contributed by atoms with E-state index >= 15 is 0 Å². The number of hydrogen-bond acceptors (Lipinski definition) is 4. The summed E-state index contributed by atoms with van der Waals surface area (Å²) in [5, 5.41) is 0.709. The zero-order chi connectivity index (χ0) is 18.8. The van der Waals surface area contributed by atoms with Crippen LogP contribution in [0.2, 0.25) is 0 Å². The number of aromatic nitrogens is 1. The van der Waals surface area contributed by atoms with E-state index in [1.807, 2.05) is 0 Å². The molecule has 1 aromatic heterocycles. The Labute approximate surface area is 146 Å². The van der Waals surface area contributed by atoms with Crippen LogP contribution in [-0.2, 0) is 0 Å². The molecule has 0 aliphatic carbocycles. The molecule has 134 valence electrons. The van der Waals surface area contributed by atoms with Crippen LogP contribution in [-0.4, -0.2) is 18.0 Å². The maximum atomic E-state index is 13.6. The maximum absolute atomic E-state index is 13.6. The van der Waals surface area contributed by atoms with Gasteiger partial charge in [0, 0.05) is 11.5 Å². The largest absolute Gasteiger partial charge is 0.497 e. The molecule has 5 nitrogen and oxygen atoms in total. The van der Waals surface area contributed by atoms with E-state index in [9.17, 15) is 18.0 Å². The fourth-order valence-electron chi connectivity index (χ4n) is 2.41. The zero-order valence-corrected chi connectivity index (χ0v) is 13.9. The second-order valence-corrected chi connectivity index (χ2v) is 5.48. The van der Waals surface area contributed by atoms with Gasteiger partial charge in [0.2, 0.25) is 0 Å². The van der Waals surface area contributed by atoms with Crippen molar-refractivity contribution in [3.63, 3.8) is 0 Å². The zero-order valence-electron chi connectivity index (χ0n) is 13.9. The van der Waals surface area contributed by atoms with Crippen LogP contribution in [0, 0.1) is 24.4 Å². The number of ether oxygens (including phenoxy) is 1. The lowest BCUT2D eigenvalue weighted by Gasteiger charge is -2.12. The van der Waals surface area contributed by atoms with Gasteiger partial charge in [-0.3, -0.25) is 20.6 Å². The van der Waals surface area contributed by atoms with Crippen LogP contribution in [0.4, 0.5) is 18.9 Å². The number of benzene rings is 2. The minimum absolute atomic E-state index is 0.248. The van der Waals surface area contributed by atoms with Gasteiger partial charge in [-0.1, -0.05) is 0 Å². The Morgan fingerprint density at radius 1 is 1.08 bits per heavy atom. The van der Waals surface area contributed by atoms with Crippen molar-refractivity contribution >= 4 is 22.5 Å². The summed E-state index contributed by atoms with van der Waals surface area (Å²) in [5.74, 6) is -4.33. The molecule has 2 N–H and O–H groups in total. The fraction of sp³-hybridized carbons (Fsp3) is 0.111.